The Morgan fingerprint density at radius 3 is 3.10 bits per heavy atom. The zero-order valence-electron chi connectivity index (χ0n) is 10.6. The van der Waals surface area contributed by atoms with Gasteiger partial charge in [-0.1, -0.05) is 11.8 Å². The molecule has 0 aliphatic carbocycles. The van der Waals surface area contributed by atoms with E-state index in [-0.39, 0.29) is 23.7 Å². The summed E-state index contributed by atoms with van der Waals surface area (Å²) in [4.78, 5) is 29.1. The van der Waals surface area contributed by atoms with E-state index in [1.165, 1.54) is 17.8 Å². The van der Waals surface area contributed by atoms with Crippen molar-refractivity contribution in [1.82, 2.24) is 15.2 Å². The van der Waals surface area contributed by atoms with Crippen LogP contribution in [-0.4, -0.2) is 40.2 Å². The number of hydrogen-bond acceptors (Lipinski definition) is 6. The van der Waals surface area contributed by atoms with Gasteiger partial charge in [-0.05, 0) is 17.7 Å². The lowest BCUT2D eigenvalue weighted by Gasteiger charge is -2.22. The van der Waals surface area contributed by atoms with E-state index in [1.807, 2.05) is 17.0 Å². The fraction of sp³-hybridized carbons (Fsp3) is 0.308. The fourth-order valence-corrected chi connectivity index (χ4v) is 3.17. The third-order valence-electron chi connectivity index (χ3n) is 3.05. The number of pyridine rings is 1. The van der Waals surface area contributed by atoms with Crippen molar-refractivity contribution in [3.8, 4) is 0 Å². The van der Waals surface area contributed by atoms with Crippen molar-refractivity contribution in [3.05, 3.63) is 41.2 Å². The van der Waals surface area contributed by atoms with Gasteiger partial charge in [0.2, 0.25) is 5.91 Å². The van der Waals surface area contributed by atoms with Gasteiger partial charge in [0, 0.05) is 25.0 Å². The highest BCUT2D eigenvalue weighted by Crippen LogP contribution is 2.35. The number of carbonyl (C=O) groups excluding carboxylic acids is 2. The van der Waals surface area contributed by atoms with Crippen LogP contribution in [0.4, 0.5) is 0 Å². The first-order valence-electron chi connectivity index (χ1n) is 6.19. The van der Waals surface area contributed by atoms with Crippen LogP contribution in [0.1, 0.15) is 5.56 Å². The molecule has 104 valence electrons. The largest absolute Gasteiger partial charge is 0.460 e. The summed E-state index contributed by atoms with van der Waals surface area (Å²) in [6.07, 6.45) is 4.84. The summed E-state index contributed by atoms with van der Waals surface area (Å²) in [5.41, 5.74) is 0.908. The number of ether oxygens (including phenoxy) is 1. The van der Waals surface area contributed by atoms with Crippen LogP contribution in [-0.2, 0) is 20.9 Å². The van der Waals surface area contributed by atoms with E-state index in [0.717, 1.165) is 10.6 Å². The molecule has 2 aliphatic rings. The predicted octanol–water partition coefficient (Wildman–Crippen LogP) is 0.471. The SMILES string of the molecule is O=C1C=C2SC(C(=O)OCc3ccncc3)CN2CN1. The van der Waals surface area contributed by atoms with E-state index in [1.54, 1.807) is 12.4 Å². The molecule has 7 heteroatoms. The normalized spacial score (nSPS) is 21.0. The molecular formula is C13H13N3O3S. The van der Waals surface area contributed by atoms with Crippen molar-refractivity contribution in [3.63, 3.8) is 0 Å². The molecule has 1 aromatic heterocycles. The summed E-state index contributed by atoms with van der Waals surface area (Å²) in [5.74, 6) is -0.371. The van der Waals surface area contributed by atoms with Gasteiger partial charge in [-0.15, -0.1) is 0 Å². The van der Waals surface area contributed by atoms with Crippen LogP contribution in [0.2, 0.25) is 0 Å². The number of nitrogens with one attached hydrogen (secondary N) is 1. The minimum absolute atomic E-state index is 0.116. The predicted molar refractivity (Wildman–Crippen MR) is 73.2 cm³/mol. The molecule has 0 bridgehead atoms. The molecule has 0 saturated carbocycles. The van der Waals surface area contributed by atoms with Crippen LogP contribution in [0.3, 0.4) is 0 Å². The Labute approximate surface area is 120 Å². The second kappa shape index (κ2) is 5.54. The van der Waals surface area contributed by atoms with Crippen LogP contribution >= 0.6 is 11.8 Å². The fourth-order valence-electron chi connectivity index (χ4n) is 2.00. The summed E-state index contributed by atoms with van der Waals surface area (Å²) in [5, 5.41) is 3.26. The van der Waals surface area contributed by atoms with E-state index in [4.69, 9.17) is 4.74 Å². The summed E-state index contributed by atoms with van der Waals surface area (Å²) in [6, 6.07) is 3.62. The molecule has 20 heavy (non-hydrogen) atoms. The molecule has 0 spiro atoms. The Morgan fingerprint density at radius 2 is 2.30 bits per heavy atom. The topological polar surface area (TPSA) is 71.5 Å². The molecule has 3 rings (SSSR count). The first kappa shape index (κ1) is 13.0. The summed E-state index contributed by atoms with van der Waals surface area (Å²) in [7, 11) is 0. The second-order valence-corrected chi connectivity index (χ2v) is 5.70. The molecule has 6 nitrogen and oxygen atoms in total. The molecule has 3 heterocycles. The first-order chi connectivity index (χ1) is 9.72. The Kier molecular flexibility index (Phi) is 3.60. The monoisotopic (exact) mass is 291 g/mol. The zero-order chi connectivity index (χ0) is 13.9. The third kappa shape index (κ3) is 2.77. The number of hydrogen-bond donors (Lipinski definition) is 1. The Morgan fingerprint density at radius 1 is 1.50 bits per heavy atom. The lowest BCUT2D eigenvalue weighted by molar-refractivity contribution is -0.144. The van der Waals surface area contributed by atoms with Gasteiger partial charge in [0.05, 0.1) is 11.7 Å². The van der Waals surface area contributed by atoms with Crippen LogP contribution in [0.5, 0.6) is 0 Å². The van der Waals surface area contributed by atoms with Gasteiger partial charge in [0.1, 0.15) is 11.9 Å². The number of carbonyl (C=O) groups is 2. The quantitative estimate of drug-likeness (QED) is 0.816. The Hall–Kier alpha value is -2.02. The molecule has 1 aromatic rings. The van der Waals surface area contributed by atoms with Crippen molar-refractivity contribution >= 4 is 23.6 Å². The van der Waals surface area contributed by atoms with Gasteiger partial charge in [-0.3, -0.25) is 14.6 Å². The van der Waals surface area contributed by atoms with Crippen LogP contribution in [0.25, 0.3) is 0 Å². The van der Waals surface area contributed by atoms with Crippen molar-refractivity contribution in [2.24, 2.45) is 0 Å². The molecule has 1 fully saturated rings. The Balaban J connectivity index is 1.57. The third-order valence-corrected chi connectivity index (χ3v) is 4.30. The molecule has 1 amide bonds. The van der Waals surface area contributed by atoms with E-state index >= 15 is 0 Å². The number of aromatic nitrogens is 1. The maximum atomic E-state index is 12.0. The van der Waals surface area contributed by atoms with E-state index < -0.39 is 0 Å². The van der Waals surface area contributed by atoms with E-state index in [2.05, 4.69) is 10.3 Å². The number of thioether (sulfide) groups is 1. The van der Waals surface area contributed by atoms with Crippen LogP contribution < -0.4 is 5.32 Å². The van der Waals surface area contributed by atoms with Gasteiger partial charge >= 0.3 is 5.97 Å². The molecule has 1 saturated heterocycles. The average Bonchev–Trinajstić information content (AvgIpc) is 2.89. The maximum Gasteiger partial charge on any atom is 0.321 e. The highest BCUT2D eigenvalue weighted by atomic mass is 32.2. The highest BCUT2D eigenvalue weighted by Gasteiger charge is 2.35. The van der Waals surface area contributed by atoms with Gasteiger partial charge in [-0.2, -0.15) is 0 Å². The van der Waals surface area contributed by atoms with Gasteiger partial charge in [-0.25, -0.2) is 0 Å². The molecule has 1 atom stereocenters. The minimum Gasteiger partial charge on any atom is -0.460 e. The second-order valence-electron chi connectivity index (χ2n) is 4.47. The van der Waals surface area contributed by atoms with E-state index in [9.17, 15) is 9.59 Å². The lowest BCUT2D eigenvalue weighted by atomic mass is 10.3. The molecule has 0 radical (unpaired) electrons. The first-order valence-corrected chi connectivity index (χ1v) is 7.07. The average molecular weight is 291 g/mol. The smallest absolute Gasteiger partial charge is 0.321 e. The molecule has 2 aliphatic heterocycles. The van der Waals surface area contributed by atoms with Gasteiger partial charge < -0.3 is 15.0 Å². The highest BCUT2D eigenvalue weighted by molar-refractivity contribution is 8.04. The van der Waals surface area contributed by atoms with Crippen molar-refractivity contribution in [1.29, 1.82) is 0 Å². The minimum atomic E-state index is -0.282. The molecule has 0 aromatic carbocycles. The number of amides is 1. The van der Waals surface area contributed by atoms with Crippen LogP contribution in [0, 0.1) is 0 Å². The van der Waals surface area contributed by atoms with Crippen molar-refractivity contribution in [2.75, 3.05) is 13.2 Å². The zero-order valence-corrected chi connectivity index (χ0v) is 11.4. The number of esters is 1. The van der Waals surface area contributed by atoms with E-state index in [0.29, 0.717) is 13.2 Å². The standard InChI is InChI=1S/C13H13N3O3S/c17-11-5-12-16(8-15-11)6-10(20-12)13(18)19-7-9-1-3-14-4-2-9/h1-5,10H,6-8H2,(H,15,17). The molecular weight excluding hydrogens is 278 g/mol. The van der Waals surface area contributed by atoms with Gasteiger partial charge in [0.15, 0.2) is 0 Å². The number of rotatable bonds is 3. The van der Waals surface area contributed by atoms with Crippen molar-refractivity contribution < 1.29 is 14.3 Å². The van der Waals surface area contributed by atoms with Crippen LogP contribution in [0.15, 0.2) is 35.6 Å². The molecule has 1 unspecified atom stereocenters. The van der Waals surface area contributed by atoms with Gasteiger partial charge in [0.25, 0.3) is 0 Å². The summed E-state index contributed by atoms with van der Waals surface area (Å²) >= 11 is 1.38. The maximum absolute atomic E-state index is 12.0. The molecule has 1 N–H and O–H groups in total. The Bertz CT molecular complexity index is 561. The lowest BCUT2D eigenvalue weighted by Crippen LogP contribution is -2.40. The number of fused-ring (bicyclic) bond motifs is 1. The van der Waals surface area contributed by atoms with Crippen molar-refractivity contribution in [2.45, 2.75) is 11.9 Å². The summed E-state index contributed by atoms with van der Waals surface area (Å²) < 4.78 is 5.30. The number of nitrogens with zero attached hydrogens (tertiary/aromatic N) is 2. The summed E-state index contributed by atoms with van der Waals surface area (Å²) in [6.45, 7) is 1.26.